The lowest BCUT2D eigenvalue weighted by Crippen LogP contribution is -2.19. The molecule has 1 rings (SSSR count). The lowest BCUT2D eigenvalue weighted by Gasteiger charge is -2.14. The molecule has 0 aliphatic heterocycles. The molecular formula is C9H11F2NO2. The van der Waals surface area contributed by atoms with Crippen molar-refractivity contribution in [2.45, 2.75) is 12.5 Å². The lowest BCUT2D eigenvalue weighted by atomic mass is 10.1. The molecule has 0 saturated heterocycles. The fraction of sp³-hybridized carbons (Fsp3) is 0.333. The Balaban J connectivity index is 3.07. The maximum absolute atomic E-state index is 12.3. The summed E-state index contributed by atoms with van der Waals surface area (Å²) in [5, 5.41) is 9.08. The topological polar surface area (TPSA) is 55.5 Å². The Morgan fingerprint density at radius 2 is 2.07 bits per heavy atom. The molecule has 78 valence electrons. The highest BCUT2D eigenvalue weighted by Gasteiger charge is 2.21. The molecule has 0 aromatic heterocycles. The number of hydrogen-bond donors (Lipinski definition) is 2. The highest BCUT2D eigenvalue weighted by Crippen LogP contribution is 2.30. The number of aromatic hydroxyl groups is 1. The van der Waals surface area contributed by atoms with Gasteiger partial charge in [0.2, 0.25) is 0 Å². The van der Waals surface area contributed by atoms with E-state index in [0.717, 1.165) is 0 Å². The highest BCUT2D eigenvalue weighted by atomic mass is 19.3. The summed E-state index contributed by atoms with van der Waals surface area (Å²) in [6, 6.07) is 2.47. The van der Waals surface area contributed by atoms with Crippen LogP contribution in [-0.2, 0) is 0 Å². The van der Waals surface area contributed by atoms with Crippen molar-refractivity contribution in [2.75, 3.05) is 7.11 Å². The number of hydrogen-bond acceptors (Lipinski definition) is 3. The molecule has 0 aliphatic carbocycles. The van der Waals surface area contributed by atoms with Gasteiger partial charge in [-0.05, 0) is 12.1 Å². The predicted octanol–water partition coefficient (Wildman–Crippen LogP) is 1.67. The number of nitrogens with two attached hydrogens (primary N) is 1. The minimum absolute atomic E-state index is 0.0490. The fourth-order valence-electron chi connectivity index (χ4n) is 1.11. The van der Waals surface area contributed by atoms with Crippen molar-refractivity contribution in [3.05, 3.63) is 23.8 Å². The second-order valence-corrected chi connectivity index (χ2v) is 2.79. The van der Waals surface area contributed by atoms with Gasteiger partial charge in [0.1, 0.15) is 11.5 Å². The van der Waals surface area contributed by atoms with Gasteiger partial charge in [0.05, 0.1) is 13.2 Å². The average Bonchev–Trinajstić information content (AvgIpc) is 2.16. The zero-order valence-corrected chi connectivity index (χ0v) is 7.58. The van der Waals surface area contributed by atoms with E-state index in [1.807, 2.05) is 0 Å². The van der Waals surface area contributed by atoms with E-state index in [1.54, 1.807) is 0 Å². The second-order valence-electron chi connectivity index (χ2n) is 2.79. The molecule has 0 aliphatic rings. The van der Waals surface area contributed by atoms with Crippen LogP contribution < -0.4 is 10.5 Å². The minimum atomic E-state index is -2.66. The van der Waals surface area contributed by atoms with Crippen molar-refractivity contribution in [3.63, 3.8) is 0 Å². The molecule has 5 heteroatoms. The number of methoxy groups -OCH3 is 1. The first-order valence-corrected chi connectivity index (χ1v) is 3.97. The van der Waals surface area contributed by atoms with Crippen LogP contribution in [0.4, 0.5) is 8.78 Å². The molecule has 1 aromatic rings. The van der Waals surface area contributed by atoms with Crippen LogP contribution in [0.5, 0.6) is 11.5 Å². The molecule has 1 atom stereocenters. The normalized spacial score (nSPS) is 12.9. The number of benzene rings is 1. The van der Waals surface area contributed by atoms with Gasteiger partial charge in [-0.1, -0.05) is 0 Å². The van der Waals surface area contributed by atoms with Crippen LogP contribution in [0.25, 0.3) is 0 Å². The number of halogens is 2. The van der Waals surface area contributed by atoms with Crippen molar-refractivity contribution in [1.82, 2.24) is 0 Å². The van der Waals surface area contributed by atoms with Gasteiger partial charge >= 0.3 is 0 Å². The molecule has 3 nitrogen and oxygen atoms in total. The zero-order valence-electron chi connectivity index (χ0n) is 7.58. The largest absolute Gasteiger partial charge is 0.508 e. The van der Waals surface area contributed by atoms with Crippen LogP contribution in [0.15, 0.2) is 18.2 Å². The fourth-order valence-corrected chi connectivity index (χ4v) is 1.11. The average molecular weight is 203 g/mol. The quantitative estimate of drug-likeness (QED) is 0.785. The summed E-state index contributed by atoms with van der Waals surface area (Å²) in [5.74, 6) is 0.116. The van der Waals surface area contributed by atoms with Crippen molar-refractivity contribution in [3.8, 4) is 11.5 Å². The van der Waals surface area contributed by atoms with E-state index in [1.165, 1.54) is 25.3 Å². The van der Waals surface area contributed by atoms with Crippen LogP contribution in [0.1, 0.15) is 11.6 Å². The maximum Gasteiger partial charge on any atom is 0.257 e. The summed E-state index contributed by atoms with van der Waals surface area (Å²) < 4.78 is 29.4. The molecule has 0 fully saturated rings. The molecule has 0 saturated carbocycles. The van der Waals surface area contributed by atoms with Crippen molar-refractivity contribution >= 4 is 0 Å². The molecule has 0 amide bonds. The molecule has 0 heterocycles. The Labute approximate surface area is 80.1 Å². The van der Waals surface area contributed by atoms with Crippen molar-refractivity contribution in [2.24, 2.45) is 5.73 Å². The molecule has 0 radical (unpaired) electrons. The van der Waals surface area contributed by atoms with Gasteiger partial charge in [0.25, 0.3) is 6.43 Å². The Kier molecular flexibility index (Phi) is 3.24. The molecule has 0 unspecified atom stereocenters. The van der Waals surface area contributed by atoms with E-state index in [4.69, 9.17) is 15.6 Å². The van der Waals surface area contributed by atoms with Crippen LogP contribution in [0, 0.1) is 0 Å². The Morgan fingerprint density at radius 3 is 2.57 bits per heavy atom. The van der Waals surface area contributed by atoms with Gasteiger partial charge in [-0.15, -0.1) is 0 Å². The minimum Gasteiger partial charge on any atom is -0.508 e. The molecule has 0 spiro atoms. The summed E-state index contributed by atoms with van der Waals surface area (Å²) in [5.41, 5.74) is 5.43. The van der Waals surface area contributed by atoms with Crippen molar-refractivity contribution in [1.29, 1.82) is 0 Å². The predicted molar refractivity (Wildman–Crippen MR) is 47.6 cm³/mol. The van der Waals surface area contributed by atoms with Gasteiger partial charge in [0.15, 0.2) is 0 Å². The molecule has 14 heavy (non-hydrogen) atoms. The monoisotopic (exact) mass is 203 g/mol. The number of alkyl halides is 2. The molecule has 1 aromatic carbocycles. The Bertz CT molecular complexity index is 318. The Morgan fingerprint density at radius 1 is 1.43 bits per heavy atom. The van der Waals surface area contributed by atoms with E-state index in [0.29, 0.717) is 0 Å². The third-order valence-electron chi connectivity index (χ3n) is 1.85. The molecule has 0 bridgehead atoms. The van der Waals surface area contributed by atoms with Crippen LogP contribution in [0.3, 0.4) is 0 Å². The van der Waals surface area contributed by atoms with Gasteiger partial charge in [-0.3, -0.25) is 0 Å². The summed E-state index contributed by atoms with van der Waals surface area (Å²) in [6.45, 7) is 0. The highest BCUT2D eigenvalue weighted by molar-refractivity contribution is 5.41. The maximum atomic E-state index is 12.3. The van der Waals surface area contributed by atoms with Crippen molar-refractivity contribution < 1.29 is 18.6 Å². The zero-order chi connectivity index (χ0) is 10.7. The summed E-state index contributed by atoms with van der Waals surface area (Å²) >= 11 is 0. The van der Waals surface area contributed by atoms with Crippen LogP contribution in [0.2, 0.25) is 0 Å². The first-order chi connectivity index (χ1) is 6.56. The van der Waals surface area contributed by atoms with Crippen LogP contribution >= 0.6 is 0 Å². The molecule has 3 N–H and O–H groups in total. The number of ether oxygens (including phenoxy) is 1. The van der Waals surface area contributed by atoms with Gasteiger partial charge in [-0.25, -0.2) is 8.78 Å². The summed E-state index contributed by atoms with van der Waals surface area (Å²) in [4.78, 5) is 0. The third-order valence-corrected chi connectivity index (χ3v) is 1.85. The standard InChI is InChI=1S/C9H11F2NO2/c1-14-7-4-5(13)2-3-6(7)8(12)9(10)11/h2-4,8-9,13H,12H2,1H3/t8-/m0/s1. The molecular weight excluding hydrogens is 192 g/mol. The first kappa shape index (κ1) is 10.7. The Hall–Kier alpha value is -1.36. The number of phenols is 1. The van der Waals surface area contributed by atoms with Gasteiger partial charge in [-0.2, -0.15) is 0 Å². The number of phenolic OH excluding ortho intramolecular Hbond substituents is 1. The second kappa shape index (κ2) is 4.23. The van der Waals surface area contributed by atoms with Gasteiger partial charge in [0, 0.05) is 11.6 Å². The van der Waals surface area contributed by atoms with E-state index < -0.39 is 12.5 Å². The van der Waals surface area contributed by atoms with E-state index in [9.17, 15) is 8.78 Å². The van der Waals surface area contributed by atoms with E-state index in [2.05, 4.69) is 0 Å². The van der Waals surface area contributed by atoms with E-state index >= 15 is 0 Å². The SMILES string of the molecule is COc1cc(O)ccc1[C@H](N)C(F)F. The lowest BCUT2D eigenvalue weighted by molar-refractivity contribution is 0.115. The first-order valence-electron chi connectivity index (χ1n) is 3.97. The van der Waals surface area contributed by atoms with Gasteiger partial charge < -0.3 is 15.6 Å². The van der Waals surface area contributed by atoms with E-state index in [-0.39, 0.29) is 17.1 Å². The smallest absolute Gasteiger partial charge is 0.257 e. The third kappa shape index (κ3) is 2.11. The number of rotatable bonds is 3. The summed E-state index contributed by atoms with van der Waals surface area (Å²) in [7, 11) is 1.33. The van der Waals surface area contributed by atoms with Crippen LogP contribution in [-0.4, -0.2) is 18.6 Å². The summed E-state index contributed by atoms with van der Waals surface area (Å²) in [6.07, 6.45) is -2.66.